The number of hydrogen-bond donors (Lipinski definition) is 2. The number of amides is 1. The molecule has 0 aliphatic rings. The van der Waals surface area contributed by atoms with Crippen molar-refractivity contribution in [1.29, 1.82) is 0 Å². The average Bonchev–Trinajstić information content (AvgIpc) is 2.20. The molecule has 0 radical (unpaired) electrons. The van der Waals surface area contributed by atoms with Crippen LogP contribution in [-0.2, 0) is 0 Å². The predicted octanol–water partition coefficient (Wildman–Crippen LogP) is 2.67. The third-order valence-corrected chi connectivity index (χ3v) is 2.30. The summed E-state index contributed by atoms with van der Waals surface area (Å²) in [6.45, 7) is 3.54. The molecule has 1 amide bonds. The molecule has 16 heavy (non-hydrogen) atoms. The van der Waals surface area contributed by atoms with E-state index in [-0.39, 0.29) is 10.3 Å². The quantitative estimate of drug-likeness (QED) is 0.818. The number of rotatable bonds is 4. The highest BCUT2D eigenvalue weighted by molar-refractivity contribution is 6.31. The van der Waals surface area contributed by atoms with E-state index in [1.807, 2.05) is 0 Å². The van der Waals surface area contributed by atoms with Crippen LogP contribution >= 0.6 is 23.2 Å². The summed E-state index contributed by atoms with van der Waals surface area (Å²) in [5, 5.41) is 18.4. The molecule has 1 atom stereocenters. The zero-order valence-corrected chi connectivity index (χ0v) is 9.66. The third-order valence-electron chi connectivity index (χ3n) is 1.82. The van der Waals surface area contributed by atoms with Gasteiger partial charge in [0.2, 0.25) is 0 Å². The second-order valence-electron chi connectivity index (χ2n) is 2.94. The summed E-state index contributed by atoms with van der Waals surface area (Å²) in [5.41, 5.74) is 0.476. The van der Waals surface area contributed by atoms with Crippen LogP contribution in [0.2, 0.25) is 10.3 Å². The lowest BCUT2D eigenvalue weighted by molar-refractivity contribution is 0.190. The molecule has 0 aliphatic carbocycles. The van der Waals surface area contributed by atoms with E-state index in [4.69, 9.17) is 28.3 Å². The Bertz CT molecular complexity index is 412. The van der Waals surface area contributed by atoms with Crippen molar-refractivity contribution in [2.75, 3.05) is 0 Å². The van der Waals surface area contributed by atoms with Crippen LogP contribution in [0, 0.1) is 0 Å². The van der Waals surface area contributed by atoms with Crippen LogP contribution < -0.4 is 5.32 Å². The monoisotopic (exact) mass is 261 g/mol. The van der Waals surface area contributed by atoms with Gasteiger partial charge in [0, 0.05) is 5.56 Å². The van der Waals surface area contributed by atoms with Gasteiger partial charge < -0.3 is 10.4 Å². The first kappa shape index (κ1) is 12.7. The Morgan fingerprint density at radius 3 is 2.88 bits per heavy atom. The average molecular weight is 262 g/mol. The standard InChI is InChI=1S/C9H9Cl2N3O2/c1-2-3-6(12-9(15)16)5-4-7(10)13-14-8(5)11/h2,4,6,12H,1,3H2,(H,15,16). The Morgan fingerprint density at radius 1 is 1.62 bits per heavy atom. The molecule has 0 aromatic carbocycles. The van der Waals surface area contributed by atoms with E-state index >= 15 is 0 Å². The van der Waals surface area contributed by atoms with Gasteiger partial charge in [-0.1, -0.05) is 29.3 Å². The van der Waals surface area contributed by atoms with Gasteiger partial charge in [-0.05, 0) is 12.5 Å². The summed E-state index contributed by atoms with van der Waals surface area (Å²) >= 11 is 11.5. The van der Waals surface area contributed by atoms with Crippen LogP contribution in [0.25, 0.3) is 0 Å². The minimum Gasteiger partial charge on any atom is -0.465 e. The zero-order valence-electron chi connectivity index (χ0n) is 8.15. The maximum atomic E-state index is 10.6. The molecular weight excluding hydrogens is 253 g/mol. The van der Waals surface area contributed by atoms with E-state index in [0.29, 0.717) is 12.0 Å². The van der Waals surface area contributed by atoms with Crippen LogP contribution in [-0.4, -0.2) is 21.4 Å². The number of carbonyl (C=O) groups is 1. The van der Waals surface area contributed by atoms with Crippen LogP contribution in [0.3, 0.4) is 0 Å². The summed E-state index contributed by atoms with van der Waals surface area (Å²) in [6, 6.07) is 0.941. The summed E-state index contributed by atoms with van der Waals surface area (Å²) in [4.78, 5) is 10.6. The second-order valence-corrected chi connectivity index (χ2v) is 3.68. The molecule has 0 bridgehead atoms. The topological polar surface area (TPSA) is 75.1 Å². The van der Waals surface area contributed by atoms with Crippen LogP contribution in [0.5, 0.6) is 0 Å². The van der Waals surface area contributed by atoms with Gasteiger partial charge in [0.15, 0.2) is 10.3 Å². The lowest BCUT2D eigenvalue weighted by Crippen LogP contribution is -2.26. The fourth-order valence-electron chi connectivity index (χ4n) is 1.19. The summed E-state index contributed by atoms with van der Waals surface area (Å²) in [5.74, 6) is 0. The van der Waals surface area contributed by atoms with Crippen molar-refractivity contribution < 1.29 is 9.90 Å². The van der Waals surface area contributed by atoms with Gasteiger partial charge in [-0.2, -0.15) is 0 Å². The van der Waals surface area contributed by atoms with Crippen molar-refractivity contribution >= 4 is 29.3 Å². The third kappa shape index (κ3) is 3.36. The number of nitrogens with one attached hydrogen (secondary N) is 1. The van der Waals surface area contributed by atoms with E-state index < -0.39 is 12.1 Å². The molecule has 86 valence electrons. The van der Waals surface area contributed by atoms with Crippen molar-refractivity contribution in [3.05, 3.63) is 34.6 Å². The molecule has 1 heterocycles. The van der Waals surface area contributed by atoms with Crippen LogP contribution in [0.4, 0.5) is 4.79 Å². The van der Waals surface area contributed by atoms with Gasteiger partial charge in [0.1, 0.15) is 0 Å². The first-order chi connectivity index (χ1) is 7.54. The molecule has 0 fully saturated rings. The van der Waals surface area contributed by atoms with Crippen molar-refractivity contribution in [1.82, 2.24) is 15.5 Å². The fourth-order valence-corrected chi connectivity index (χ4v) is 1.57. The van der Waals surface area contributed by atoms with Crippen molar-refractivity contribution in [3.63, 3.8) is 0 Å². The molecule has 1 rings (SSSR count). The second kappa shape index (κ2) is 5.67. The van der Waals surface area contributed by atoms with E-state index in [1.165, 1.54) is 6.07 Å². The van der Waals surface area contributed by atoms with Gasteiger partial charge in [0.05, 0.1) is 6.04 Å². The molecule has 0 saturated heterocycles. The largest absolute Gasteiger partial charge is 0.465 e. The SMILES string of the molecule is C=CCC(NC(=O)O)c1cc(Cl)nnc1Cl. The minimum absolute atomic E-state index is 0.116. The number of aromatic nitrogens is 2. The lowest BCUT2D eigenvalue weighted by atomic mass is 10.1. The predicted molar refractivity (Wildman–Crippen MR) is 60.8 cm³/mol. The molecule has 1 aromatic heterocycles. The Hall–Kier alpha value is -1.33. The Kier molecular flexibility index (Phi) is 4.52. The van der Waals surface area contributed by atoms with Crippen molar-refractivity contribution in [2.24, 2.45) is 0 Å². The number of halogens is 2. The molecule has 1 aromatic rings. The molecular formula is C9H9Cl2N3O2. The molecule has 0 spiro atoms. The lowest BCUT2D eigenvalue weighted by Gasteiger charge is -2.15. The van der Waals surface area contributed by atoms with Crippen LogP contribution in [0.1, 0.15) is 18.0 Å². The number of nitrogens with zero attached hydrogens (tertiary/aromatic N) is 2. The van der Waals surface area contributed by atoms with E-state index in [9.17, 15) is 4.79 Å². The Morgan fingerprint density at radius 2 is 2.31 bits per heavy atom. The molecule has 5 nitrogen and oxygen atoms in total. The van der Waals surface area contributed by atoms with E-state index in [2.05, 4.69) is 22.1 Å². The minimum atomic E-state index is -1.16. The first-order valence-electron chi connectivity index (χ1n) is 4.33. The summed E-state index contributed by atoms with van der Waals surface area (Å²) in [6.07, 6.45) is 0.801. The fraction of sp³-hybridized carbons (Fsp3) is 0.222. The molecule has 1 unspecified atom stereocenters. The number of carboxylic acid groups (broad SMARTS) is 1. The molecule has 2 N–H and O–H groups in total. The normalized spacial score (nSPS) is 11.9. The van der Waals surface area contributed by atoms with E-state index in [0.717, 1.165) is 0 Å². The maximum absolute atomic E-state index is 10.6. The molecule has 0 saturated carbocycles. The number of hydrogen-bond acceptors (Lipinski definition) is 3. The maximum Gasteiger partial charge on any atom is 0.405 e. The molecule has 0 aliphatic heterocycles. The van der Waals surface area contributed by atoms with Gasteiger partial charge in [0.25, 0.3) is 0 Å². The van der Waals surface area contributed by atoms with Crippen LogP contribution in [0.15, 0.2) is 18.7 Å². The van der Waals surface area contributed by atoms with Gasteiger partial charge >= 0.3 is 6.09 Å². The van der Waals surface area contributed by atoms with E-state index in [1.54, 1.807) is 6.08 Å². The van der Waals surface area contributed by atoms with Crippen molar-refractivity contribution in [2.45, 2.75) is 12.5 Å². The highest BCUT2D eigenvalue weighted by Crippen LogP contribution is 2.25. The Balaban J connectivity index is 3.03. The first-order valence-corrected chi connectivity index (χ1v) is 5.09. The summed E-state index contributed by atoms with van der Waals surface area (Å²) < 4.78 is 0. The van der Waals surface area contributed by atoms with Gasteiger partial charge in [-0.3, -0.25) is 0 Å². The Labute approximate surface area is 102 Å². The summed E-state index contributed by atoms with van der Waals surface area (Å²) in [7, 11) is 0. The highest BCUT2D eigenvalue weighted by atomic mass is 35.5. The van der Waals surface area contributed by atoms with Crippen molar-refractivity contribution in [3.8, 4) is 0 Å². The highest BCUT2D eigenvalue weighted by Gasteiger charge is 2.17. The zero-order chi connectivity index (χ0) is 12.1. The van der Waals surface area contributed by atoms with Gasteiger partial charge in [-0.25, -0.2) is 4.79 Å². The van der Waals surface area contributed by atoms with Gasteiger partial charge in [-0.15, -0.1) is 16.8 Å². The smallest absolute Gasteiger partial charge is 0.405 e. The molecule has 7 heteroatoms.